The molecule has 3 aromatic carbocycles. The molecule has 0 spiro atoms. The molecule has 12 aliphatic rings. The second-order valence-electron chi connectivity index (χ2n) is 26.6. The summed E-state index contributed by atoms with van der Waals surface area (Å²) in [5, 5.41) is 0. The van der Waals surface area contributed by atoms with Gasteiger partial charge in [-0.15, -0.1) is 0 Å². The molecule has 0 bridgehead atoms. The molecule has 3 aromatic rings. The molecule has 0 aliphatic heterocycles. The van der Waals surface area contributed by atoms with Crippen molar-refractivity contribution in [3.05, 3.63) is 170 Å². The first-order valence-corrected chi connectivity index (χ1v) is 33.4. The van der Waals surface area contributed by atoms with Crippen LogP contribution in [-0.4, -0.2) is 34.7 Å². The third kappa shape index (κ3) is 10.9. The average molecular weight is 1130 g/mol. The van der Waals surface area contributed by atoms with Gasteiger partial charge in [-0.05, 0) is 200 Å². The van der Waals surface area contributed by atoms with Gasteiger partial charge in [0.05, 0.1) is 0 Å². The van der Waals surface area contributed by atoms with Gasteiger partial charge >= 0.3 is 0 Å². The predicted octanol–water partition coefficient (Wildman–Crippen LogP) is 18.7. The molecule has 0 radical (unpaired) electrons. The van der Waals surface area contributed by atoms with E-state index in [1.165, 1.54) is 61.3 Å². The van der Waals surface area contributed by atoms with Crippen LogP contribution in [0.3, 0.4) is 0 Å². The van der Waals surface area contributed by atoms with Gasteiger partial charge in [0.2, 0.25) is 0 Å². The molecule has 0 aromatic heterocycles. The Hall–Kier alpha value is -5.88. The van der Waals surface area contributed by atoms with Crippen molar-refractivity contribution in [2.24, 2.45) is 51.8 Å². The van der Waals surface area contributed by atoms with Crippen molar-refractivity contribution in [1.29, 1.82) is 0 Å². The lowest BCUT2D eigenvalue weighted by molar-refractivity contribution is -0.129. The summed E-state index contributed by atoms with van der Waals surface area (Å²) in [7, 11) is 0. The summed E-state index contributed by atoms with van der Waals surface area (Å²) in [5.41, 5.74) is 17.9. The van der Waals surface area contributed by atoms with E-state index in [9.17, 15) is 28.8 Å². The van der Waals surface area contributed by atoms with Gasteiger partial charge in [0, 0.05) is 73.0 Å². The van der Waals surface area contributed by atoms with E-state index >= 15 is 0 Å². The van der Waals surface area contributed by atoms with Crippen LogP contribution in [-0.2, 0) is 28.8 Å². The van der Waals surface area contributed by atoms with Gasteiger partial charge in [-0.25, -0.2) is 0 Å². The van der Waals surface area contributed by atoms with Crippen molar-refractivity contribution < 1.29 is 28.8 Å². The maximum absolute atomic E-state index is 12.8. The molecule has 84 heavy (non-hydrogen) atoms. The molecule has 6 unspecified atom stereocenters. The van der Waals surface area contributed by atoms with E-state index in [0.29, 0.717) is 96.2 Å². The molecule has 0 N–H and O–H groups in total. The average Bonchev–Trinajstić information content (AvgIpc) is 2.91. The van der Waals surface area contributed by atoms with Crippen LogP contribution in [0.4, 0.5) is 0 Å². The Morgan fingerprint density at radius 2 is 0.786 bits per heavy atom. The van der Waals surface area contributed by atoms with Gasteiger partial charge in [0.25, 0.3) is 0 Å². The fourth-order valence-corrected chi connectivity index (χ4v) is 19.1. The van der Waals surface area contributed by atoms with Crippen LogP contribution in [0.25, 0.3) is 5.57 Å². The zero-order valence-electron chi connectivity index (χ0n) is 52.4. The van der Waals surface area contributed by atoms with Gasteiger partial charge in [-0.1, -0.05) is 170 Å². The highest BCUT2D eigenvalue weighted by Crippen LogP contribution is 2.65. The quantitative estimate of drug-likeness (QED) is 0.259. The van der Waals surface area contributed by atoms with Crippen LogP contribution in [0.1, 0.15) is 232 Å². The highest BCUT2D eigenvalue weighted by Gasteiger charge is 2.59. The number of allylic oxidation sites excluding steroid dienone is 12. The highest BCUT2D eigenvalue weighted by atomic mass is 16.1. The van der Waals surface area contributed by atoms with Gasteiger partial charge < -0.3 is 0 Å². The molecule has 6 nitrogen and oxygen atoms in total. The number of rotatable bonds is 3. The number of fused-ring (bicyclic) bond motifs is 12. The van der Waals surface area contributed by atoms with E-state index in [1.807, 2.05) is 53.7 Å². The lowest BCUT2D eigenvalue weighted by Crippen LogP contribution is -2.43. The maximum atomic E-state index is 12.8. The summed E-state index contributed by atoms with van der Waals surface area (Å²) in [6.45, 7) is 18.7. The first kappa shape index (κ1) is 61.2. The molecule has 0 heterocycles. The summed E-state index contributed by atoms with van der Waals surface area (Å²) in [6.07, 6.45) is 23.8. The van der Waals surface area contributed by atoms with Crippen LogP contribution < -0.4 is 0 Å². The van der Waals surface area contributed by atoms with Gasteiger partial charge in [0.15, 0.2) is 11.6 Å². The number of carbonyl (C=O) groups is 6. The van der Waals surface area contributed by atoms with Crippen molar-refractivity contribution in [3.8, 4) is 0 Å². The largest absolute Gasteiger partial charge is 0.299 e. The zero-order valence-corrected chi connectivity index (χ0v) is 52.4. The number of hydrogen-bond donors (Lipinski definition) is 0. The highest BCUT2D eigenvalue weighted by molar-refractivity contribution is 5.95. The van der Waals surface area contributed by atoms with Crippen molar-refractivity contribution in [1.82, 2.24) is 0 Å². The monoisotopic (exact) mass is 1130 g/mol. The first-order valence-electron chi connectivity index (χ1n) is 33.4. The second-order valence-corrected chi connectivity index (χ2v) is 26.6. The summed E-state index contributed by atoms with van der Waals surface area (Å²) in [5.74, 6) is 6.09. The van der Waals surface area contributed by atoms with Crippen LogP contribution in [0.15, 0.2) is 153 Å². The normalized spacial score (nSPS) is 33.2. The minimum absolute atomic E-state index is 0.166. The molecule has 6 heteroatoms. The number of Topliss-reactive ketones (excluding diaryl/α,β-unsaturated/α-hetero) is 4. The molecule has 12 aliphatic carbocycles. The Balaban J connectivity index is 0.000000134. The van der Waals surface area contributed by atoms with E-state index in [1.54, 1.807) is 11.1 Å². The fraction of sp³-hybridized carbons (Fsp3) is 0.538. The molecule has 15 rings (SSSR count). The van der Waals surface area contributed by atoms with Crippen LogP contribution in [0.2, 0.25) is 0 Å². The minimum Gasteiger partial charge on any atom is -0.299 e. The maximum Gasteiger partial charge on any atom is 0.156 e. The molecule has 5 saturated carbocycles. The predicted molar refractivity (Wildman–Crippen MR) is 340 cm³/mol. The van der Waals surface area contributed by atoms with E-state index in [-0.39, 0.29) is 27.8 Å². The summed E-state index contributed by atoms with van der Waals surface area (Å²) in [4.78, 5) is 74.4. The van der Waals surface area contributed by atoms with Crippen LogP contribution in [0, 0.1) is 51.8 Å². The van der Waals surface area contributed by atoms with Crippen molar-refractivity contribution in [2.45, 2.75) is 215 Å². The summed E-state index contributed by atoms with van der Waals surface area (Å²) >= 11 is 0. The summed E-state index contributed by atoms with van der Waals surface area (Å²) < 4.78 is 0. The van der Waals surface area contributed by atoms with E-state index in [2.05, 4.69) is 112 Å². The summed E-state index contributed by atoms with van der Waals surface area (Å²) in [6, 6.07) is 32.2. The number of ketones is 6. The third-order valence-electron chi connectivity index (χ3n) is 22.9. The van der Waals surface area contributed by atoms with Gasteiger partial charge in [-0.2, -0.15) is 0 Å². The van der Waals surface area contributed by atoms with Gasteiger partial charge in [-0.3, -0.25) is 28.8 Å². The van der Waals surface area contributed by atoms with Gasteiger partial charge in [0.1, 0.15) is 23.1 Å². The van der Waals surface area contributed by atoms with Crippen molar-refractivity contribution in [2.75, 3.05) is 0 Å². The Morgan fingerprint density at radius 3 is 1.25 bits per heavy atom. The third-order valence-corrected chi connectivity index (χ3v) is 22.9. The van der Waals surface area contributed by atoms with Crippen LogP contribution in [0.5, 0.6) is 0 Å². The smallest absolute Gasteiger partial charge is 0.156 e. The lowest BCUT2D eigenvalue weighted by Gasteiger charge is -2.50. The first-order chi connectivity index (χ1) is 40.7. The fourth-order valence-electron chi connectivity index (χ4n) is 19.1. The van der Waals surface area contributed by atoms with Crippen LogP contribution >= 0.6 is 0 Å². The SMILES string of the molecule is CC.CC.CC.C[C@]12CC(c3ccccc3)=C3C4=C(CCC3C1CCC2=O)CC(=O)CC4.C[C@]12C[C@@H](c3ccccc3)C3=C4CCC(=O)C=C4CCC3C1CCC2=O.C[C@]12C[C@H](c3ccccc3)C3=C4CCC(=O)C=C4CCC3C1CCC2=O. The standard InChI is InChI=1S/3C24H26O2.3C2H6/c3*1-24-14-20(15-5-3-2-4-6-15)23-18-10-8-17(25)13-16(18)7-9-19(23)21(24)11-12-22(24)26;3*1-2/h2-6,19,21H,7-14H2,1H3;2*2-6,13,19-21H,7-12,14H2,1H3;3*1-2H3/t19?,21?,24-;19?,20-,21?,24+;19?,20-,21?,24-;;;/m010.../s1. The molecular weight excluding hydrogens is 1030 g/mol. The molecule has 5 fully saturated rings. The number of carbonyl (C=O) groups excluding carboxylic acids is 6. The molecule has 11 atom stereocenters. The Morgan fingerprint density at radius 1 is 0.381 bits per heavy atom. The molecular formula is C78H96O6. The molecule has 0 amide bonds. The molecule has 0 saturated heterocycles. The van der Waals surface area contributed by atoms with E-state index < -0.39 is 0 Å². The van der Waals surface area contributed by atoms with Crippen molar-refractivity contribution >= 4 is 40.3 Å². The van der Waals surface area contributed by atoms with Crippen molar-refractivity contribution in [3.63, 3.8) is 0 Å². The number of hydrogen-bond acceptors (Lipinski definition) is 6. The zero-order chi connectivity index (χ0) is 59.7. The Labute approximate surface area is 503 Å². The number of benzene rings is 3. The molecule has 444 valence electrons. The second kappa shape index (κ2) is 25.6. The Bertz CT molecular complexity index is 3090. The Kier molecular flexibility index (Phi) is 18.7. The van der Waals surface area contributed by atoms with E-state index in [4.69, 9.17) is 0 Å². The lowest BCUT2D eigenvalue weighted by atomic mass is 9.53. The van der Waals surface area contributed by atoms with E-state index in [0.717, 1.165) is 116 Å². The minimum atomic E-state index is -0.193. The topological polar surface area (TPSA) is 102 Å².